The quantitative estimate of drug-likeness (QED) is 0.280. The number of hydrogen-bond acceptors (Lipinski definition) is 1. The summed E-state index contributed by atoms with van der Waals surface area (Å²) in [5, 5.41) is 0. The summed E-state index contributed by atoms with van der Waals surface area (Å²) in [5.74, 6) is 5.54. The molecule has 0 radical (unpaired) electrons. The molecule has 152 valence electrons. The summed E-state index contributed by atoms with van der Waals surface area (Å²) in [7, 11) is -3.76. The maximum absolute atomic E-state index is 10.8. The van der Waals surface area contributed by atoms with Gasteiger partial charge in [0.25, 0.3) is 0 Å². The molecule has 4 aliphatic carbocycles. The second-order valence-electron chi connectivity index (χ2n) is 9.81. The first-order chi connectivity index (χ1) is 12.5. The van der Waals surface area contributed by atoms with Crippen LogP contribution in [0.25, 0.3) is 0 Å². The van der Waals surface area contributed by atoms with Crippen molar-refractivity contribution in [1.82, 2.24) is 0 Å². The van der Waals surface area contributed by atoms with E-state index >= 15 is 0 Å². The predicted octanol–water partition coefficient (Wildman–Crippen LogP) is 6.53. The monoisotopic (exact) mass is 384 g/mol. The highest BCUT2D eigenvalue weighted by Crippen LogP contribution is 2.57. The summed E-state index contributed by atoms with van der Waals surface area (Å²) < 4.78 is 10.8. The lowest BCUT2D eigenvalue weighted by molar-refractivity contribution is -0.0404. The van der Waals surface area contributed by atoms with Crippen molar-refractivity contribution >= 4 is 7.60 Å². The lowest BCUT2D eigenvalue weighted by atomic mass is 9.51. The largest absolute Gasteiger partial charge is 0.325 e. The number of rotatable bonds is 13. The second-order valence-corrected chi connectivity index (χ2v) is 11.6. The number of unbranched alkanes of at least 4 members (excludes halogenated alkanes) is 9. The fourth-order valence-electron chi connectivity index (χ4n) is 6.62. The zero-order valence-corrected chi connectivity index (χ0v) is 17.6. The maximum Gasteiger partial charge on any atom is 0.325 e. The van der Waals surface area contributed by atoms with Gasteiger partial charge in [-0.15, -0.1) is 0 Å². The van der Waals surface area contributed by atoms with Gasteiger partial charge in [-0.2, -0.15) is 0 Å². The first-order valence-electron chi connectivity index (χ1n) is 11.6. The van der Waals surface area contributed by atoms with Gasteiger partial charge in [0.15, 0.2) is 0 Å². The van der Waals surface area contributed by atoms with Crippen LogP contribution in [0.4, 0.5) is 0 Å². The maximum atomic E-state index is 10.8. The van der Waals surface area contributed by atoms with Crippen LogP contribution in [0.3, 0.4) is 0 Å². The Morgan fingerprint density at radius 3 is 1.50 bits per heavy atom. The molecule has 0 heterocycles. The molecular weight excluding hydrogens is 343 g/mol. The van der Waals surface area contributed by atoms with Gasteiger partial charge in [0.1, 0.15) is 0 Å². The molecule has 4 bridgehead atoms. The van der Waals surface area contributed by atoms with Crippen LogP contribution in [-0.2, 0) is 4.57 Å². The fraction of sp³-hybridized carbons (Fsp3) is 1.00. The van der Waals surface area contributed by atoms with E-state index in [0.29, 0.717) is 6.42 Å². The van der Waals surface area contributed by atoms with E-state index in [4.69, 9.17) is 9.79 Å². The molecule has 0 aliphatic heterocycles. The Bertz CT molecular complexity index is 430. The molecule has 0 unspecified atom stereocenters. The average Bonchev–Trinajstić information content (AvgIpc) is 2.56. The molecule has 0 aromatic carbocycles. The smallest absolute Gasteiger partial charge is 0.324 e. The molecule has 0 aromatic rings. The van der Waals surface area contributed by atoms with Crippen molar-refractivity contribution in [1.29, 1.82) is 0 Å². The van der Waals surface area contributed by atoms with Crippen molar-refractivity contribution < 1.29 is 14.4 Å². The molecule has 26 heavy (non-hydrogen) atoms. The first-order valence-corrected chi connectivity index (χ1v) is 13.4. The van der Waals surface area contributed by atoms with Crippen molar-refractivity contribution in [2.45, 2.75) is 103 Å². The van der Waals surface area contributed by atoms with Crippen molar-refractivity contribution in [3.8, 4) is 0 Å². The molecule has 2 N–H and O–H groups in total. The molecule has 0 saturated heterocycles. The zero-order chi connectivity index (χ0) is 18.4. The molecule has 0 atom stereocenters. The van der Waals surface area contributed by atoms with Gasteiger partial charge in [-0.05, 0) is 74.5 Å². The third-order valence-corrected chi connectivity index (χ3v) is 8.56. The van der Waals surface area contributed by atoms with Crippen LogP contribution in [0.15, 0.2) is 0 Å². The summed E-state index contributed by atoms with van der Waals surface area (Å²) in [4.78, 5) is 17.6. The Morgan fingerprint density at radius 2 is 1.04 bits per heavy atom. The Labute approximate surface area is 160 Å². The van der Waals surface area contributed by atoms with E-state index in [9.17, 15) is 4.57 Å². The second kappa shape index (κ2) is 10.1. The summed E-state index contributed by atoms with van der Waals surface area (Å²) in [6, 6.07) is 0. The SMILES string of the molecule is O=P(O)(O)CCCCCCCCCCCCC1C2CC3CC(C2)CC1C3. The van der Waals surface area contributed by atoms with Gasteiger partial charge in [0, 0.05) is 6.16 Å². The average molecular weight is 385 g/mol. The molecule has 3 nitrogen and oxygen atoms in total. The van der Waals surface area contributed by atoms with Crippen LogP contribution < -0.4 is 0 Å². The third kappa shape index (κ3) is 6.64. The van der Waals surface area contributed by atoms with Crippen LogP contribution in [0.5, 0.6) is 0 Å². The van der Waals surface area contributed by atoms with Gasteiger partial charge in [0.05, 0.1) is 0 Å². The van der Waals surface area contributed by atoms with E-state index in [-0.39, 0.29) is 6.16 Å². The highest BCUT2D eigenvalue weighted by Gasteiger charge is 2.47. The molecule has 0 amide bonds. The molecule has 4 saturated carbocycles. The highest BCUT2D eigenvalue weighted by molar-refractivity contribution is 7.51. The molecule has 4 heteroatoms. The van der Waals surface area contributed by atoms with E-state index in [1.54, 1.807) is 32.1 Å². The van der Waals surface area contributed by atoms with E-state index in [1.165, 1.54) is 51.4 Å². The standard InChI is InChI=1S/C22H41O3P/c23-26(24,25)12-10-8-6-4-2-1-3-5-7-9-11-22-20-14-18-13-19(16-20)17-21(22)15-18/h18-22H,1-17H2,(H2,23,24,25). The lowest BCUT2D eigenvalue weighted by Gasteiger charge is -2.54. The van der Waals surface area contributed by atoms with Gasteiger partial charge in [-0.3, -0.25) is 4.57 Å². The van der Waals surface area contributed by atoms with Gasteiger partial charge < -0.3 is 9.79 Å². The van der Waals surface area contributed by atoms with Gasteiger partial charge >= 0.3 is 7.60 Å². The van der Waals surface area contributed by atoms with Gasteiger partial charge in [-0.1, -0.05) is 57.8 Å². The van der Waals surface area contributed by atoms with Crippen LogP contribution in [0.2, 0.25) is 0 Å². The van der Waals surface area contributed by atoms with E-state index in [0.717, 1.165) is 42.4 Å². The minimum Gasteiger partial charge on any atom is -0.324 e. The van der Waals surface area contributed by atoms with Crippen molar-refractivity contribution in [3.05, 3.63) is 0 Å². The predicted molar refractivity (Wildman–Crippen MR) is 108 cm³/mol. The summed E-state index contributed by atoms with van der Waals surface area (Å²) >= 11 is 0. The van der Waals surface area contributed by atoms with Gasteiger partial charge in [-0.25, -0.2) is 0 Å². The van der Waals surface area contributed by atoms with Crippen LogP contribution in [-0.4, -0.2) is 15.9 Å². The minimum atomic E-state index is -3.76. The summed E-state index contributed by atoms with van der Waals surface area (Å²) in [6.45, 7) is 0. The number of hydrogen-bond donors (Lipinski definition) is 2. The molecule has 4 fully saturated rings. The topological polar surface area (TPSA) is 57.5 Å². The minimum absolute atomic E-state index is 0.0665. The zero-order valence-electron chi connectivity index (χ0n) is 16.7. The Morgan fingerprint density at radius 1 is 0.615 bits per heavy atom. The van der Waals surface area contributed by atoms with E-state index < -0.39 is 7.60 Å². The summed E-state index contributed by atoms with van der Waals surface area (Å²) in [6.07, 6.45) is 21.8. The summed E-state index contributed by atoms with van der Waals surface area (Å²) in [5.41, 5.74) is 0. The molecule has 0 spiro atoms. The van der Waals surface area contributed by atoms with Gasteiger partial charge in [0.2, 0.25) is 0 Å². The highest BCUT2D eigenvalue weighted by atomic mass is 31.2. The molecule has 0 aromatic heterocycles. The van der Waals surface area contributed by atoms with E-state index in [1.807, 2.05) is 0 Å². The lowest BCUT2D eigenvalue weighted by Crippen LogP contribution is -2.44. The Kier molecular flexibility index (Phi) is 8.09. The van der Waals surface area contributed by atoms with Crippen LogP contribution in [0.1, 0.15) is 103 Å². The molecular formula is C22H41O3P. The van der Waals surface area contributed by atoms with Crippen LogP contribution >= 0.6 is 7.60 Å². The van der Waals surface area contributed by atoms with E-state index in [2.05, 4.69) is 0 Å². The Balaban J connectivity index is 1.12. The van der Waals surface area contributed by atoms with Crippen LogP contribution in [0, 0.1) is 29.6 Å². The Hall–Kier alpha value is 0.150. The molecule has 4 rings (SSSR count). The third-order valence-electron chi connectivity index (χ3n) is 7.66. The van der Waals surface area contributed by atoms with Crippen molar-refractivity contribution in [2.24, 2.45) is 29.6 Å². The van der Waals surface area contributed by atoms with Crippen molar-refractivity contribution in [3.63, 3.8) is 0 Å². The fourth-order valence-corrected chi connectivity index (χ4v) is 7.26. The van der Waals surface area contributed by atoms with Crippen molar-refractivity contribution in [2.75, 3.05) is 6.16 Å². The first kappa shape index (κ1) is 20.9. The molecule has 4 aliphatic rings. The normalized spacial score (nSPS) is 33.1.